The summed E-state index contributed by atoms with van der Waals surface area (Å²) >= 11 is 0. The molecule has 22 heavy (non-hydrogen) atoms. The van der Waals surface area contributed by atoms with Crippen LogP contribution in [0.15, 0.2) is 35.3 Å². The number of rotatable bonds is 3. The van der Waals surface area contributed by atoms with Crippen LogP contribution in [0.25, 0.3) is 23.2 Å². The molecule has 6 heteroatoms. The maximum absolute atomic E-state index is 12.1. The van der Waals surface area contributed by atoms with Gasteiger partial charge in [0.25, 0.3) is 5.56 Å². The highest BCUT2D eigenvalue weighted by Crippen LogP contribution is 2.15. The van der Waals surface area contributed by atoms with Crippen LogP contribution in [0.1, 0.15) is 31.3 Å². The summed E-state index contributed by atoms with van der Waals surface area (Å²) in [6, 6.07) is 6.96. The average molecular weight is 296 g/mol. The SMILES string of the molecule is CC(C)n1ncc2c(=O)[nH]c(/C=C/c3cccc(O)c3)nc21. The topological polar surface area (TPSA) is 83.8 Å². The molecule has 0 amide bonds. The number of fused-ring (bicyclic) bond motifs is 1. The number of nitrogens with zero attached hydrogens (tertiary/aromatic N) is 3. The number of aromatic nitrogens is 4. The highest BCUT2D eigenvalue weighted by Gasteiger charge is 2.10. The van der Waals surface area contributed by atoms with E-state index in [1.54, 1.807) is 35.0 Å². The van der Waals surface area contributed by atoms with Gasteiger partial charge in [-0.25, -0.2) is 9.67 Å². The number of phenolic OH excluding ortho intramolecular Hbond substituents is 1. The molecule has 1 aromatic carbocycles. The Bertz CT molecular complexity index is 906. The molecule has 0 atom stereocenters. The smallest absolute Gasteiger partial charge is 0.262 e. The van der Waals surface area contributed by atoms with E-state index in [9.17, 15) is 9.90 Å². The fraction of sp³-hybridized carbons (Fsp3) is 0.188. The summed E-state index contributed by atoms with van der Waals surface area (Å²) in [5.41, 5.74) is 1.17. The molecule has 0 spiro atoms. The van der Waals surface area contributed by atoms with Gasteiger partial charge in [0.15, 0.2) is 5.65 Å². The number of aromatic hydroxyl groups is 1. The molecule has 0 bridgehead atoms. The largest absolute Gasteiger partial charge is 0.508 e. The van der Waals surface area contributed by atoms with Crippen molar-refractivity contribution in [1.29, 1.82) is 0 Å². The molecule has 2 aromatic heterocycles. The van der Waals surface area contributed by atoms with Gasteiger partial charge in [0.05, 0.1) is 6.20 Å². The van der Waals surface area contributed by atoms with Crippen molar-refractivity contribution < 1.29 is 5.11 Å². The Morgan fingerprint density at radius 3 is 2.86 bits per heavy atom. The van der Waals surface area contributed by atoms with Crippen LogP contribution in [0.5, 0.6) is 5.75 Å². The van der Waals surface area contributed by atoms with Crippen LogP contribution in [0.4, 0.5) is 0 Å². The molecule has 3 rings (SSSR count). The molecule has 112 valence electrons. The lowest BCUT2D eigenvalue weighted by Gasteiger charge is -2.06. The standard InChI is InChI=1S/C16H16N4O2/c1-10(2)20-15-13(9-17-20)16(22)19-14(18-15)7-6-11-4-3-5-12(21)8-11/h3-10,21H,1-2H3,(H,18,19,22)/b7-6+. The molecular weight excluding hydrogens is 280 g/mol. The maximum atomic E-state index is 12.1. The first kappa shape index (κ1) is 14.1. The first-order valence-corrected chi connectivity index (χ1v) is 6.99. The predicted molar refractivity (Wildman–Crippen MR) is 85.6 cm³/mol. The predicted octanol–water partition coefficient (Wildman–Crippen LogP) is 2.58. The molecule has 0 unspecified atom stereocenters. The minimum absolute atomic E-state index is 0.120. The average Bonchev–Trinajstić information content (AvgIpc) is 2.90. The van der Waals surface area contributed by atoms with Gasteiger partial charge in [-0.05, 0) is 37.6 Å². The summed E-state index contributed by atoms with van der Waals surface area (Å²) in [6.45, 7) is 3.97. The zero-order chi connectivity index (χ0) is 15.7. The van der Waals surface area contributed by atoms with E-state index in [2.05, 4.69) is 15.1 Å². The molecule has 0 fully saturated rings. The van der Waals surface area contributed by atoms with Crippen LogP contribution in [0.2, 0.25) is 0 Å². The molecule has 2 heterocycles. The molecular formula is C16H16N4O2. The van der Waals surface area contributed by atoms with Crippen LogP contribution < -0.4 is 5.56 Å². The van der Waals surface area contributed by atoms with E-state index in [4.69, 9.17) is 0 Å². The summed E-state index contributed by atoms with van der Waals surface area (Å²) in [7, 11) is 0. The number of benzene rings is 1. The number of nitrogens with one attached hydrogen (secondary N) is 1. The number of hydrogen-bond donors (Lipinski definition) is 2. The van der Waals surface area contributed by atoms with Crippen molar-refractivity contribution in [2.24, 2.45) is 0 Å². The van der Waals surface area contributed by atoms with E-state index in [-0.39, 0.29) is 17.4 Å². The van der Waals surface area contributed by atoms with Crippen molar-refractivity contribution in [3.05, 3.63) is 52.2 Å². The first-order chi connectivity index (χ1) is 10.5. The van der Waals surface area contributed by atoms with Crippen LogP contribution >= 0.6 is 0 Å². The second kappa shape index (κ2) is 5.48. The van der Waals surface area contributed by atoms with Gasteiger partial charge >= 0.3 is 0 Å². The Morgan fingerprint density at radius 1 is 1.32 bits per heavy atom. The van der Waals surface area contributed by atoms with E-state index in [1.165, 1.54) is 6.20 Å². The fourth-order valence-electron chi connectivity index (χ4n) is 2.21. The monoisotopic (exact) mass is 296 g/mol. The van der Waals surface area contributed by atoms with E-state index >= 15 is 0 Å². The van der Waals surface area contributed by atoms with Crippen molar-refractivity contribution in [2.45, 2.75) is 19.9 Å². The Morgan fingerprint density at radius 2 is 2.14 bits per heavy atom. The van der Waals surface area contributed by atoms with Gasteiger partial charge in [0.1, 0.15) is 17.0 Å². The highest BCUT2D eigenvalue weighted by molar-refractivity contribution is 5.75. The number of H-pyrrole nitrogens is 1. The number of phenols is 1. The number of aromatic amines is 1. The van der Waals surface area contributed by atoms with Crippen molar-refractivity contribution in [1.82, 2.24) is 19.7 Å². The van der Waals surface area contributed by atoms with E-state index in [1.807, 2.05) is 19.9 Å². The third-order valence-electron chi connectivity index (χ3n) is 3.27. The lowest BCUT2D eigenvalue weighted by molar-refractivity contribution is 0.475. The normalized spacial score (nSPS) is 11.8. The summed E-state index contributed by atoms with van der Waals surface area (Å²) in [5.74, 6) is 0.639. The van der Waals surface area contributed by atoms with E-state index < -0.39 is 0 Å². The molecule has 0 aliphatic heterocycles. The molecule has 0 saturated carbocycles. The van der Waals surface area contributed by atoms with Gasteiger partial charge in [-0.1, -0.05) is 18.2 Å². The zero-order valence-electron chi connectivity index (χ0n) is 12.3. The van der Waals surface area contributed by atoms with Gasteiger partial charge in [-0.2, -0.15) is 5.10 Å². The second-order valence-corrected chi connectivity index (χ2v) is 5.30. The minimum atomic E-state index is -0.215. The molecule has 0 aliphatic rings. The third kappa shape index (κ3) is 2.63. The maximum Gasteiger partial charge on any atom is 0.262 e. The van der Waals surface area contributed by atoms with Gasteiger partial charge in [-0.15, -0.1) is 0 Å². The van der Waals surface area contributed by atoms with Crippen molar-refractivity contribution in [2.75, 3.05) is 0 Å². The van der Waals surface area contributed by atoms with Crippen LogP contribution in [-0.2, 0) is 0 Å². The molecule has 0 saturated heterocycles. The Hall–Kier alpha value is -2.89. The quantitative estimate of drug-likeness (QED) is 0.778. The summed E-state index contributed by atoms with van der Waals surface area (Å²) in [4.78, 5) is 19.2. The second-order valence-electron chi connectivity index (χ2n) is 5.30. The third-order valence-corrected chi connectivity index (χ3v) is 3.27. The Balaban J connectivity index is 2.04. The molecule has 6 nitrogen and oxygen atoms in total. The molecule has 3 aromatic rings. The Kier molecular flexibility index (Phi) is 3.50. The fourth-order valence-corrected chi connectivity index (χ4v) is 2.21. The van der Waals surface area contributed by atoms with Gasteiger partial charge in [0, 0.05) is 6.04 Å². The van der Waals surface area contributed by atoms with E-state index in [0.29, 0.717) is 16.9 Å². The van der Waals surface area contributed by atoms with Crippen LogP contribution in [-0.4, -0.2) is 24.9 Å². The van der Waals surface area contributed by atoms with Crippen molar-refractivity contribution in [3.8, 4) is 5.75 Å². The number of hydrogen-bond acceptors (Lipinski definition) is 4. The summed E-state index contributed by atoms with van der Waals surface area (Å²) in [6.07, 6.45) is 5.01. The highest BCUT2D eigenvalue weighted by atomic mass is 16.3. The van der Waals surface area contributed by atoms with Crippen molar-refractivity contribution in [3.63, 3.8) is 0 Å². The lowest BCUT2D eigenvalue weighted by atomic mass is 10.2. The van der Waals surface area contributed by atoms with Crippen molar-refractivity contribution >= 4 is 23.2 Å². The Labute approximate surface area is 126 Å². The molecule has 0 radical (unpaired) electrons. The summed E-state index contributed by atoms with van der Waals surface area (Å²) in [5, 5.41) is 14.1. The minimum Gasteiger partial charge on any atom is -0.508 e. The van der Waals surface area contributed by atoms with Crippen LogP contribution in [0, 0.1) is 0 Å². The first-order valence-electron chi connectivity index (χ1n) is 6.99. The van der Waals surface area contributed by atoms with E-state index in [0.717, 1.165) is 5.56 Å². The van der Waals surface area contributed by atoms with Gasteiger partial charge < -0.3 is 10.1 Å². The molecule has 2 N–H and O–H groups in total. The van der Waals surface area contributed by atoms with Crippen LogP contribution in [0.3, 0.4) is 0 Å². The van der Waals surface area contributed by atoms with Gasteiger partial charge in [-0.3, -0.25) is 4.79 Å². The van der Waals surface area contributed by atoms with Gasteiger partial charge in [0.2, 0.25) is 0 Å². The zero-order valence-corrected chi connectivity index (χ0v) is 12.3. The molecule has 0 aliphatic carbocycles. The lowest BCUT2D eigenvalue weighted by Crippen LogP contribution is -2.11. The summed E-state index contributed by atoms with van der Waals surface area (Å²) < 4.78 is 1.72.